The average molecular weight is 282 g/mol. The van der Waals surface area contributed by atoms with E-state index in [1.807, 2.05) is 18.2 Å². The third kappa shape index (κ3) is 2.71. The summed E-state index contributed by atoms with van der Waals surface area (Å²) in [6.45, 7) is 5.44. The SMILES string of the molecule is CC(C)CN(c1c(C(=N)N)cnc2ccccc12)C1CC1. The number of aromatic nitrogens is 1. The normalized spacial score (nSPS) is 14.6. The molecule has 0 radical (unpaired) electrons. The molecule has 1 fully saturated rings. The molecule has 2 aromatic rings. The molecule has 4 heteroatoms. The standard InChI is InChI=1S/C17H22N4/c1-11(2)10-21(12-7-8-12)16-13-5-3-4-6-15(13)20-9-14(16)17(18)19/h3-6,9,11-12H,7-8,10H2,1-2H3,(H3,18,19). The fourth-order valence-corrected chi connectivity index (χ4v) is 2.84. The number of amidine groups is 1. The summed E-state index contributed by atoms with van der Waals surface area (Å²) in [5, 5.41) is 8.99. The van der Waals surface area contributed by atoms with Crippen molar-refractivity contribution >= 4 is 22.4 Å². The first-order valence-electron chi connectivity index (χ1n) is 7.56. The number of nitrogens with two attached hydrogens (primary N) is 1. The summed E-state index contributed by atoms with van der Waals surface area (Å²) in [6, 6.07) is 8.70. The van der Waals surface area contributed by atoms with Gasteiger partial charge in [0.15, 0.2) is 0 Å². The summed E-state index contributed by atoms with van der Waals surface area (Å²) in [6.07, 6.45) is 4.19. The monoisotopic (exact) mass is 282 g/mol. The third-order valence-corrected chi connectivity index (χ3v) is 3.87. The van der Waals surface area contributed by atoms with Crippen molar-refractivity contribution in [1.29, 1.82) is 5.41 Å². The summed E-state index contributed by atoms with van der Waals surface area (Å²) in [4.78, 5) is 6.89. The van der Waals surface area contributed by atoms with Crippen molar-refractivity contribution in [2.75, 3.05) is 11.4 Å². The number of fused-ring (bicyclic) bond motifs is 1. The summed E-state index contributed by atoms with van der Waals surface area (Å²) < 4.78 is 0. The molecule has 1 heterocycles. The zero-order valence-corrected chi connectivity index (χ0v) is 12.6. The Morgan fingerprint density at radius 2 is 2.10 bits per heavy atom. The van der Waals surface area contributed by atoms with Crippen LogP contribution in [-0.2, 0) is 0 Å². The molecule has 1 aromatic heterocycles. The lowest BCUT2D eigenvalue weighted by Crippen LogP contribution is -2.32. The minimum absolute atomic E-state index is 0.0951. The highest BCUT2D eigenvalue weighted by atomic mass is 15.2. The number of hydrogen-bond donors (Lipinski definition) is 2. The Morgan fingerprint density at radius 1 is 1.38 bits per heavy atom. The number of pyridine rings is 1. The van der Waals surface area contributed by atoms with Crippen molar-refractivity contribution < 1.29 is 0 Å². The lowest BCUT2D eigenvalue weighted by Gasteiger charge is -2.29. The van der Waals surface area contributed by atoms with Crippen LogP contribution in [0, 0.1) is 11.3 Å². The average Bonchev–Trinajstić information content (AvgIpc) is 3.28. The van der Waals surface area contributed by atoms with Crippen LogP contribution in [-0.4, -0.2) is 23.4 Å². The van der Waals surface area contributed by atoms with Gasteiger partial charge >= 0.3 is 0 Å². The quantitative estimate of drug-likeness (QED) is 0.654. The van der Waals surface area contributed by atoms with E-state index in [0.717, 1.165) is 28.7 Å². The number of rotatable bonds is 5. The molecule has 3 rings (SSSR count). The fraction of sp³-hybridized carbons (Fsp3) is 0.412. The van der Waals surface area contributed by atoms with Gasteiger partial charge in [-0.1, -0.05) is 32.0 Å². The molecule has 1 aromatic carbocycles. The molecule has 1 saturated carbocycles. The predicted octanol–water partition coefficient (Wildman–Crippen LogP) is 3.14. The first-order chi connectivity index (χ1) is 10.1. The summed E-state index contributed by atoms with van der Waals surface area (Å²) in [5.41, 5.74) is 8.61. The Hall–Kier alpha value is -2.10. The van der Waals surface area contributed by atoms with Crippen LogP contribution in [0.25, 0.3) is 10.9 Å². The molecule has 0 spiro atoms. The van der Waals surface area contributed by atoms with Crippen LogP contribution >= 0.6 is 0 Å². The number of hydrogen-bond acceptors (Lipinski definition) is 3. The lowest BCUT2D eigenvalue weighted by atomic mass is 10.1. The van der Waals surface area contributed by atoms with Crippen LogP contribution < -0.4 is 10.6 Å². The summed E-state index contributed by atoms with van der Waals surface area (Å²) in [5.74, 6) is 0.662. The van der Waals surface area contributed by atoms with E-state index in [-0.39, 0.29) is 5.84 Å². The van der Waals surface area contributed by atoms with Gasteiger partial charge in [-0.2, -0.15) is 0 Å². The first kappa shape index (κ1) is 13.9. The van der Waals surface area contributed by atoms with E-state index in [0.29, 0.717) is 12.0 Å². The highest BCUT2D eigenvalue weighted by Gasteiger charge is 2.32. The molecule has 21 heavy (non-hydrogen) atoms. The fourth-order valence-electron chi connectivity index (χ4n) is 2.84. The number of para-hydroxylation sites is 1. The second-order valence-corrected chi connectivity index (χ2v) is 6.23. The number of anilines is 1. The Bertz CT molecular complexity index is 674. The maximum atomic E-state index is 7.90. The van der Waals surface area contributed by atoms with Gasteiger partial charge in [0, 0.05) is 24.2 Å². The van der Waals surface area contributed by atoms with Gasteiger partial charge in [-0.05, 0) is 24.8 Å². The third-order valence-electron chi connectivity index (χ3n) is 3.87. The van der Waals surface area contributed by atoms with Crippen molar-refractivity contribution in [3.63, 3.8) is 0 Å². The summed E-state index contributed by atoms with van der Waals surface area (Å²) in [7, 11) is 0. The zero-order valence-electron chi connectivity index (χ0n) is 12.6. The smallest absolute Gasteiger partial charge is 0.126 e. The van der Waals surface area contributed by atoms with Gasteiger partial charge in [-0.3, -0.25) is 10.4 Å². The molecule has 0 atom stereocenters. The molecule has 0 saturated heterocycles. The van der Waals surface area contributed by atoms with Crippen LogP contribution in [0.1, 0.15) is 32.3 Å². The second kappa shape index (κ2) is 5.35. The van der Waals surface area contributed by atoms with E-state index in [4.69, 9.17) is 11.1 Å². The van der Waals surface area contributed by atoms with E-state index in [2.05, 4.69) is 29.8 Å². The first-order valence-corrected chi connectivity index (χ1v) is 7.56. The molecule has 0 aliphatic heterocycles. The van der Waals surface area contributed by atoms with E-state index in [9.17, 15) is 0 Å². The predicted molar refractivity (Wildman–Crippen MR) is 88.0 cm³/mol. The zero-order chi connectivity index (χ0) is 15.0. The maximum absolute atomic E-state index is 7.90. The molecule has 0 unspecified atom stereocenters. The second-order valence-electron chi connectivity index (χ2n) is 6.23. The summed E-state index contributed by atoms with van der Waals surface area (Å²) >= 11 is 0. The minimum Gasteiger partial charge on any atom is -0.384 e. The van der Waals surface area contributed by atoms with Gasteiger partial charge in [0.2, 0.25) is 0 Å². The Kier molecular flexibility index (Phi) is 3.53. The molecule has 110 valence electrons. The highest BCUT2D eigenvalue weighted by molar-refractivity contribution is 6.07. The topological polar surface area (TPSA) is 66.0 Å². The number of nitrogens with zero attached hydrogens (tertiary/aromatic N) is 2. The van der Waals surface area contributed by atoms with Gasteiger partial charge in [0.05, 0.1) is 16.8 Å². The van der Waals surface area contributed by atoms with Crippen LogP contribution in [0.5, 0.6) is 0 Å². The van der Waals surface area contributed by atoms with Gasteiger partial charge in [0.1, 0.15) is 5.84 Å². The van der Waals surface area contributed by atoms with Crippen LogP contribution in [0.3, 0.4) is 0 Å². The van der Waals surface area contributed by atoms with Crippen molar-refractivity contribution in [2.24, 2.45) is 11.7 Å². The molecule has 0 amide bonds. The molecule has 1 aliphatic rings. The molecule has 1 aliphatic carbocycles. The van der Waals surface area contributed by atoms with Gasteiger partial charge in [0.25, 0.3) is 0 Å². The lowest BCUT2D eigenvalue weighted by molar-refractivity contribution is 0.608. The van der Waals surface area contributed by atoms with Crippen LogP contribution in [0.15, 0.2) is 30.5 Å². The molecule has 4 nitrogen and oxygen atoms in total. The number of benzene rings is 1. The van der Waals surface area contributed by atoms with E-state index in [1.54, 1.807) is 6.20 Å². The van der Waals surface area contributed by atoms with Crippen molar-refractivity contribution in [2.45, 2.75) is 32.7 Å². The Labute approximate surface area is 125 Å². The van der Waals surface area contributed by atoms with E-state index < -0.39 is 0 Å². The maximum Gasteiger partial charge on any atom is 0.126 e. The minimum atomic E-state index is 0.0951. The number of nitrogens with one attached hydrogen (secondary N) is 1. The Balaban J connectivity index is 2.21. The van der Waals surface area contributed by atoms with E-state index in [1.165, 1.54) is 12.8 Å². The van der Waals surface area contributed by atoms with Crippen molar-refractivity contribution in [3.05, 3.63) is 36.0 Å². The molecular weight excluding hydrogens is 260 g/mol. The van der Waals surface area contributed by atoms with E-state index >= 15 is 0 Å². The molecular formula is C17H22N4. The van der Waals surface area contributed by atoms with Crippen LogP contribution in [0.2, 0.25) is 0 Å². The van der Waals surface area contributed by atoms with Crippen molar-refractivity contribution in [3.8, 4) is 0 Å². The molecule has 3 N–H and O–H groups in total. The largest absolute Gasteiger partial charge is 0.384 e. The number of nitrogen functional groups attached to an aromatic ring is 1. The van der Waals surface area contributed by atoms with Crippen LogP contribution in [0.4, 0.5) is 5.69 Å². The highest BCUT2D eigenvalue weighted by Crippen LogP contribution is 2.38. The molecule has 0 bridgehead atoms. The van der Waals surface area contributed by atoms with Gasteiger partial charge in [-0.25, -0.2) is 0 Å². The van der Waals surface area contributed by atoms with Crippen molar-refractivity contribution in [1.82, 2.24) is 4.98 Å². The van der Waals surface area contributed by atoms with Gasteiger partial charge in [-0.15, -0.1) is 0 Å². The van der Waals surface area contributed by atoms with Gasteiger partial charge < -0.3 is 10.6 Å². The Morgan fingerprint density at radius 3 is 2.71 bits per heavy atom.